The first kappa shape index (κ1) is 23.3. The van der Waals surface area contributed by atoms with E-state index in [1.165, 1.54) is 0 Å². The molecule has 3 nitrogen and oxygen atoms in total. The molecule has 1 aromatic rings. The minimum atomic E-state index is -1.69. The molecule has 1 aromatic carbocycles. The Morgan fingerprint density at radius 1 is 0.967 bits per heavy atom. The van der Waals surface area contributed by atoms with Gasteiger partial charge < -0.3 is 13.9 Å². The molecule has 0 saturated carbocycles. The predicted molar refractivity (Wildman–Crippen MR) is 125 cm³/mol. The van der Waals surface area contributed by atoms with Crippen LogP contribution >= 0.6 is 0 Å². The second-order valence-electron chi connectivity index (χ2n) is 8.18. The highest BCUT2D eigenvalue weighted by Crippen LogP contribution is 2.36. The van der Waals surface area contributed by atoms with Crippen molar-refractivity contribution < 1.29 is 13.9 Å². The molecular weight excluding hydrogens is 388 g/mol. The summed E-state index contributed by atoms with van der Waals surface area (Å²) < 4.78 is 16.7. The highest BCUT2D eigenvalue weighted by Gasteiger charge is 2.36. The van der Waals surface area contributed by atoms with Crippen molar-refractivity contribution in [1.29, 1.82) is 0 Å². The van der Waals surface area contributed by atoms with E-state index < -0.39 is 8.32 Å². The van der Waals surface area contributed by atoms with Crippen LogP contribution in [0.2, 0.25) is 18.1 Å². The van der Waals surface area contributed by atoms with Crippen molar-refractivity contribution in [2.24, 2.45) is 0 Å². The van der Waals surface area contributed by atoms with Crippen LogP contribution in [0, 0.1) is 47.4 Å². The fourth-order valence-electron chi connectivity index (χ4n) is 2.17. The van der Waals surface area contributed by atoms with Gasteiger partial charge in [0.1, 0.15) is 0 Å². The summed E-state index contributed by atoms with van der Waals surface area (Å²) in [5.74, 6) is 23.9. The van der Waals surface area contributed by atoms with Crippen molar-refractivity contribution in [2.75, 3.05) is 13.4 Å². The average Bonchev–Trinajstić information content (AvgIpc) is 3.15. The summed E-state index contributed by atoms with van der Waals surface area (Å²) in [5.41, 5.74) is 1.05. The Morgan fingerprint density at radius 2 is 1.63 bits per heavy atom. The lowest BCUT2D eigenvalue weighted by Gasteiger charge is -2.35. The molecule has 1 aliphatic rings. The van der Waals surface area contributed by atoms with Crippen LogP contribution < -0.4 is 9.47 Å². The molecule has 0 spiro atoms. The van der Waals surface area contributed by atoms with Gasteiger partial charge in [0.15, 0.2) is 19.8 Å². The first-order valence-electron chi connectivity index (χ1n) is 9.95. The summed E-state index contributed by atoms with van der Waals surface area (Å²) >= 11 is 0. The second kappa shape index (κ2) is 11.2. The van der Waals surface area contributed by atoms with E-state index in [1.807, 2.05) is 30.4 Å². The molecule has 1 aliphatic heterocycles. The van der Waals surface area contributed by atoms with Crippen molar-refractivity contribution in [3.8, 4) is 58.9 Å². The van der Waals surface area contributed by atoms with Crippen molar-refractivity contribution in [3.63, 3.8) is 0 Å². The predicted octanol–water partition coefficient (Wildman–Crippen LogP) is 5.24. The molecule has 0 amide bonds. The second-order valence-corrected chi connectivity index (χ2v) is 13.0. The molecule has 0 bridgehead atoms. The number of rotatable bonds is 5. The molecule has 154 valence electrons. The third-order valence-electron chi connectivity index (χ3n) is 4.91. The van der Waals surface area contributed by atoms with E-state index in [4.69, 9.17) is 13.9 Å². The third kappa shape index (κ3) is 7.77. The van der Waals surface area contributed by atoms with Crippen molar-refractivity contribution in [2.45, 2.75) is 51.7 Å². The molecule has 0 fully saturated rings. The summed E-state index contributed by atoms with van der Waals surface area (Å²) in [7, 11) is -1.69. The number of fused-ring (bicyclic) bond motifs is 1. The van der Waals surface area contributed by atoms with Gasteiger partial charge in [0.2, 0.25) is 6.79 Å². The van der Waals surface area contributed by atoms with Gasteiger partial charge in [-0.2, -0.15) is 0 Å². The number of benzene rings is 1. The van der Waals surface area contributed by atoms with Crippen LogP contribution in [-0.4, -0.2) is 21.7 Å². The van der Waals surface area contributed by atoms with Crippen LogP contribution in [0.4, 0.5) is 0 Å². The molecule has 1 heterocycles. The molecule has 0 radical (unpaired) electrons. The molecule has 30 heavy (non-hydrogen) atoms. The Hall–Kier alpha value is -3.02. The van der Waals surface area contributed by atoms with Gasteiger partial charge >= 0.3 is 0 Å². The van der Waals surface area contributed by atoms with E-state index >= 15 is 0 Å². The van der Waals surface area contributed by atoms with E-state index in [1.54, 1.807) is 0 Å². The summed E-state index contributed by atoms with van der Waals surface area (Å²) in [6.45, 7) is 12.1. The van der Waals surface area contributed by atoms with Gasteiger partial charge in [-0.15, -0.1) is 0 Å². The lowest BCUT2D eigenvalue weighted by Crippen LogP contribution is -2.40. The fourth-order valence-corrected chi connectivity index (χ4v) is 3.22. The van der Waals surface area contributed by atoms with E-state index in [0.717, 1.165) is 17.1 Å². The van der Waals surface area contributed by atoms with Crippen molar-refractivity contribution in [3.05, 3.63) is 29.8 Å². The monoisotopic (exact) mass is 416 g/mol. The normalized spacial score (nSPS) is 11.9. The highest BCUT2D eigenvalue weighted by molar-refractivity contribution is 6.74. The quantitative estimate of drug-likeness (QED) is 0.373. The number of hydrogen-bond acceptors (Lipinski definition) is 3. The van der Waals surface area contributed by atoms with Gasteiger partial charge in [0.25, 0.3) is 0 Å². The van der Waals surface area contributed by atoms with Crippen molar-refractivity contribution in [1.82, 2.24) is 0 Å². The van der Waals surface area contributed by atoms with E-state index in [0.29, 0.717) is 19.4 Å². The molecule has 0 saturated heterocycles. The fraction of sp³-hybridized carbons (Fsp3) is 0.385. The number of allylic oxidation sites excluding steroid dienone is 1. The van der Waals surface area contributed by atoms with Gasteiger partial charge in [-0.05, 0) is 71.4 Å². The van der Waals surface area contributed by atoms with Crippen molar-refractivity contribution >= 4 is 14.4 Å². The van der Waals surface area contributed by atoms with Crippen LogP contribution in [0.15, 0.2) is 24.3 Å². The summed E-state index contributed by atoms with van der Waals surface area (Å²) in [4.78, 5) is 0. The van der Waals surface area contributed by atoms with Crippen LogP contribution in [0.3, 0.4) is 0 Å². The molecule has 0 aliphatic carbocycles. The molecule has 0 atom stereocenters. The van der Waals surface area contributed by atoms with Gasteiger partial charge in [0.05, 0.1) is 0 Å². The van der Waals surface area contributed by atoms with E-state index in [2.05, 4.69) is 81.2 Å². The minimum absolute atomic E-state index is 0.221. The molecule has 4 heteroatoms. The summed E-state index contributed by atoms with van der Waals surface area (Å²) in [5, 5.41) is 0.221. The van der Waals surface area contributed by atoms with Gasteiger partial charge in [-0.25, -0.2) is 0 Å². The Labute approximate surface area is 182 Å². The molecule has 2 rings (SSSR count). The zero-order valence-electron chi connectivity index (χ0n) is 18.4. The summed E-state index contributed by atoms with van der Waals surface area (Å²) in [6.07, 6.45) is 5.28. The Balaban J connectivity index is 1.67. The maximum absolute atomic E-state index is 6.06. The number of hydrogen-bond donors (Lipinski definition) is 0. The van der Waals surface area contributed by atoms with Crippen LogP contribution in [0.5, 0.6) is 11.5 Å². The zero-order valence-corrected chi connectivity index (χ0v) is 19.4. The van der Waals surface area contributed by atoms with E-state index in [9.17, 15) is 0 Å². The SMILES string of the molecule is CC(C)(C)[Si](C)(C)OCCC#CC#CC#CC#CC/C=C/c1ccc2c(c1)OCO2. The smallest absolute Gasteiger partial charge is 0.231 e. The standard InChI is InChI=1S/C26H28O3Si/c1-26(2,3)30(4,5)29-20-16-14-12-10-8-6-7-9-11-13-15-17-23-18-19-24-25(21-23)28-22-27-24/h15,17-19,21H,13,16,20,22H2,1-5H3/b17-15+. The minimum Gasteiger partial charge on any atom is -0.454 e. The van der Waals surface area contributed by atoms with Gasteiger partial charge in [0, 0.05) is 19.4 Å². The number of ether oxygens (including phenoxy) is 2. The van der Waals surface area contributed by atoms with Crippen LogP contribution in [0.1, 0.15) is 39.2 Å². The molecule has 0 unspecified atom stereocenters. The van der Waals surface area contributed by atoms with Crippen LogP contribution in [0.25, 0.3) is 6.08 Å². The maximum Gasteiger partial charge on any atom is 0.231 e. The Bertz CT molecular complexity index is 1010. The highest BCUT2D eigenvalue weighted by atomic mass is 28.4. The molecule has 0 N–H and O–H groups in total. The van der Waals surface area contributed by atoms with E-state index in [-0.39, 0.29) is 11.8 Å². The Morgan fingerprint density at radius 3 is 2.37 bits per heavy atom. The molecular formula is C26H28O3Si. The lowest BCUT2D eigenvalue weighted by atomic mass is 10.2. The van der Waals surface area contributed by atoms with Crippen LogP contribution in [-0.2, 0) is 4.43 Å². The summed E-state index contributed by atoms with van der Waals surface area (Å²) in [6, 6.07) is 5.83. The lowest BCUT2D eigenvalue weighted by molar-refractivity contribution is 0.174. The average molecular weight is 417 g/mol. The first-order chi connectivity index (χ1) is 14.3. The topological polar surface area (TPSA) is 27.7 Å². The third-order valence-corrected chi connectivity index (χ3v) is 9.45. The van der Waals surface area contributed by atoms with Gasteiger partial charge in [-0.1, -0.05) is 50.8 Å². The Kier molecular flexibility index (Phi) is 8.71. The largest absolute Gasteiger partial charge is 0.454 e. The maximum atomic E-state index is 6.06. The zero-order chi connectivity index (χ0) is 21.9. The molecule has 0 aromatic heterocycles. The first-order valence-corrected chi connectivity index (χ1v) is 12.9. The van der Waals surface area contributed by atoms with Gasteiger partial charge in [-0.3, -0.25) is 0 Å².